The third kappa shape index (κ3) is 8.01. The molecule has 3 aliphatic carbocycles. The van der Waals surface area contributed by atoms with E-state index in [-0.39, 0.29) is 24.7 Å². The molecule has 0 aromatic carbocycles. The van der Waals surface area contributed by atoms with Gasteiger partial charge in [-0.25, -0.2) is 0 Å². The molecule has 2 aliphatic heterocycles. The summed E-state index contributed by atoms with van der Waals surface area (Å²) in [6.45, 7) is 7.08. The fourth-order valence-electron chi connectivity index (χ4n) is 5.30. The predicted octanol–water partition coefficient (Wildman–Crippen LogP) is 5.15. The van der Waals surface area contributed by atoms with Crippen LogP contribution in [0.4, 0.5) is 0 Å². The number of epoxide rings is 1. The summed E-state index contributed by atoms with van der Waals surface area (Å²) in [5.41, 5.74) is 0. The third-order valence-corrected chi connectivity index (χ3v) is 7.18. The zero-order valence-corrected chi connectivity index (χ0v) is 19.2. The van der Waals surface area contributed by atoms with Crippen molar-refractivity contribution < 1.29 is 28.4 Å². The van der Waals surface area contributed by atoms with Gasteiger partial charge in [0.2, 0.25) is 0 Å². The Bertz CT molecular complexity index is 392. The molecule has 1 N–H and O–H groups in total. The summed E-state index contributed by atoms with van der Waals surface area (Å²) in [6, 6.07) is 0.485. The van der Waals surface area contributed by atoms with Crippen LogP contribution in [0, 0.1) is 11.8 Å². The molecule has 0 amide bonds. The first-order chi connectivity index (χ1) is 12.6. The Morgan fingerprint density at radius 3 is 1.70 bits per heavy atom. The van der Waals surface area contributed by atoms with Crippen LogP contribution in [-0.2, 0) is 23.3 Å². The van der Waals surface area contributed by atoms with Crippen LogP contribution in [-0.4, -0.2) is 47.4 Å². The second-order valence-electron chi connectivity index (χ2n) is 9.70. The SMILES string of the molecule is C1CCC2OC2C1.CC1CCCC1.C[C@@H]1CCN(C2CCCCC2O)C1.[V]. The van der Waals surface area contributed by atoms with Crippen molar-refractivity contribution in [2.75, 3.05) is 13.1 Å². The van der Waals surface area contributed by atoms with Crippen LogP contribution in [0.15, 0.2) is 0 Å². The van der Waals surface area contributed by atoms with E-state index in [0.717, 1.165) is 18.3 Å². The predicted molar refractivity (Wildman–Crippen MR) is 108 cm³/mol. The van der Waals surface area contributed by atoms with Gasteiger partial charge < -0.3 is 9.84 Å². The third-order valence-electron chi connectivity index (χ3n) is 7.18. The van der Waals surface area contributed by atoms with Crippen LogP contribution in [0.25, 0.3) is 0 Å². The van der Waals surface area contributed by atoms with Crippen molar-refractivity contribution in [3.05, 3.63) is 0 Å². The number of hydrogen-bond acceptors (Lipinski definition) is 3. The Morgan fingerprint density at radius 2 is 1.26 bits per heavy atom. The van der Waals surface area contributed by atoms with Crippen molar-refractivity contribution in [3.8, 4) is 0 Å². The van der Waals surface area contributed by atoms with E-state index in [2.05, 4.69) is 18.7 Å². The molecule has 3 saturated carbocycles. The molecule has 5 aliphatic rings. The maximum Gasteiger partial charge on any atom is 0.0841 e. The normalized spacial score (nSPS) is 38.6. The van der Waals surface area contributed by atoms with Crippen molar-refractivity contribution in [1.29, 1.82) is 0 Å². The molecule has 157 valence electrons. The molecule has 2 saturated heterocycles. The van der Waals surface area contributed by atoms with E-state index in [0.29, 0.717) is 18.2 Å². The van der Waals surface area contributed by atoms with Gasteiger partial charge in [-0.05, 0) is 50.5 Å². The number of hydrogen-bond donors (Lipinski definition) is 1. The Balaban J connectivity index is 0.000000157. The van der Waals surface area contributed by atoms with Gasteiger partial charge in [0.05, 0.1) is 18.3 Å². The smallest absolute Gasteiger partial charge is 0.0841 e. The zero-order chi connectivity index (χ0) is 18.4. The Morgan fingerprint density at radius 1 is 0.704 bits per heavy atom. The van der Waals surface area contributed by atoms with Crippen LogP contribution < -0.4 is 0 Å². The van der Waals surface area contributed by atoms with Crippen molar-refractivity contribution in [2.24, 2.45) is 11.8 Å². The van der Waals surface area contributed by atoms with Crippen LogP contribution in [0.3, 0.4) is 0 Å². The van der Waals surface area contributed by atoms with Crippen molar-refractivity contribution >= 4 is 0 Å². The van der Waals surface area contributed by atoms with Gasteiger partial charge in [0.15, 0.2) is 0 Å². The van der Waals surface area contributed by atoms with Crippen LogP contribution in [0.5, 0.6) is 0 Å². The van der Waals surface area contributed by atoms with Gasteiger partial charge in [0.1, 0.15) is 0 Å². The van der Waals surface area contributed by atoms with E-state index in [4.69, 9.17) is 4.74 Å². The minimum atomic E-state index is -0.0425. The van der Waals surface area contributed by atoms with Gasteiger partial charge in [-0.2, -0.15) is 0 Å². The molecule has 5 fully saturated rings. The van der Waals surface area contributed by atoms with E-state index in [1.165, 1.54) is 90.1 Å². The summed E-state index contributed by atoms with van der Waals surface area (Å²) in [5, 5.41) is 9.87. The average molecular weight is 417 g/mol. The van der Waals surface area contributed by atoms with Crippen molar-refractivity contribution in [1.82, 2.24) is 4.90 Å². The maximum atomic E-state index is 9.87. The molecule has 1 radical (unpaired) electrons. The summed E-state index contributed by atoms with van der Waals surface area (Å²) in [6.07, 6.45) is 18.9. The van der Waals surface area contributed by atoms with Gasteiger partial charge in [-0.1, -0.05) is 65.2 Å². The number of rotatable bonds is 1. The fraction of sp³-hybridized carbons (Fsp3) is 1.00. The Labute approximate surface area is 179 Å². The molecule has 0 spiro atoms. The van der Waals surface area contributed by atoms with Crippen molar-refractivity contribution in [2.45, 2.75) is 122 Å². The average Bonchev–Trinajstić information content (AvgIpc) is 3.07. The van der Waals surface area contributed by atoms with E-state index in [1.807, 2.05) is 0 Å². The molecule has 4 unspecified atom stereocenters. The molecular weight excluding hydrogens is 373 g/mol. The zero-order valence-electron chi connectivity index (χ0n) is 17.8. The first kappa shape index (κ1) is 23.7. The summed E-state index contributed by atoms with van der Waals surface area (Å²) < 4.78 is 5.28. The number of nitrogens with zero attached hydrogens (tertiary/aromatic N) is 1. The number of ether oxygens (including phenoxy) is 1. The number of likely N-dealkylation sites (tertiary alicyclic amines) is 1. The Kier molecular flexibility index (Phi) is 10.8. The fourth-order valence-corrected chi connectivity index (χ4v) is 5.30. The second kappa shape index (κ2) is 12.2. The maximum absolute atomic E-state index is 9.87. The largest absolute Gasteiger partial charge is 0.391 e. The molecule has 27 heavy (non-hydrogen) atoms. The van der Waals surface area contributed by atoms with Gasteiger partial charge in [-0.3, -0.25) is 4.90 Å². The molecule has 0 aromatic rings. The summed E-state index contributed by atoms with van der Waals surface area (Å²) in [5.74, 6) is 1.89. The molecule has 2 heterocycles. The van der Waals surface area contributed by atoms with Gasteiger partial charge in [0.25, 0.3) is 0 Å². The molecule has 3 nitrogen and oxygen atoms in total. The molecule has 5 atom stereocenters. The van der Waals surface area contributed by atoms with Gasteiger partial charge >= 0.3 is 0 Å². The summed E-state index contributed by atoms with van der Waals surface area (Å²) in [7, 11) is 0. The molecule has 4 heteroatoms. The van der Waals surface area contributed by atoms with Crippen LogP contribution in [0.1, 0.15) is 97.3 Å². The van der Waals surface area contributed by atoms with Gasteiger partial charge in [-0.15, -0.1) is 0 Å². The summed E-state index contributed by atoms with van der Waals surface area (Å²) in [4.78, 5) is 2.51. The second-order valence-corrected chi connectivity index (χ2v) is 9.70. The van der Waals surface area contributed by atoms with E-state index < -0.39 is 0 Å². The van der Waals surface area contributed by atoms with Gasteiger partial charge in [0, 0.05) is 31.1 Å². The summed E-state index contributed by atoms with van der Waals surface area (Å²) >= 11 is 0. The van der Waals surface area contributed by atoms with Crippen LogP contribution >= 0.6 is 0 Å². The Hall–Kier alpha value is 0.464. The monoisotopic (exact) mass is 416 g/mol. The quantitative estimate of drug-likeness (QED) is 0.600. The first-order valence-electron chi connectivity index (χ1n) is 11.7. The molecular formula is C23H43NO2V. The van der Waals surface area contributed by atoms with E-state index in [9.17, 15) is 5.11 Å². The molecule has 5 rings (SSSR count). The number of fused-ring (bicyclic) bond motifs is 1. The standard InChI is InChI=1S/C11H21NO.C6H10O.C6H12.V/c1-9-6-7-12(8-9)10-4-2-3-5-11(10)13;1-2-4-6-5(3-1)7-6;1-6-4-2-3-5-6;/h9-11,13H,2-8H2,1H3;5-6H,1-4H2;6H,2-5H2,1H3;/t9-,10?,11?;;;/m1.../s1. The van der Waals surface area contributed by atoms with Crippen molar-refractivity contribution in [3.63, 3.8) is 0 Å². The molecule has 0 bridgehead atoms. The molecule has 0 aromatic heterocycles. The van der Waals surface area contributed by atoms with E-state index >= 15 is 0 Å². The number of aliphatic hydroxyl groups excluding tert-OH is 1. The minimum absolute atomic E-state index is 0. The number of aliphatic hydroxyl groups is 1. The van der Waals surface area contributed by atoms with Crippen LogP contribution in [0.2, 0.25) is 0 Å². The van der Waals surface area contributed by atoms with E-state index in [1.54, 1.807) is 0 Å². The topological polar surface area (TPSA) is 36.0 Å². The minimum Gasteiger partial charge on any atom is -0.391 e. The first-order valence-corrected chi connectivity index (χ1v) is 11.7.